The van der Waals surface area contributed by atoms with Crippen molar-refractivity contribution in [2.24, 2.45) is 0 Å². The fraction of sp³-hybridized carbons (Fsp3) is 0.348. The lowest BCUT2D eigenvalue weighted by Gasteiger charge is -2.30. The zero-order chi connectivity index (χ0) is 21.8. The number of carboxylic acid groups (broad SMARTS) is 1. The van der Waals surface area contributed by atoms with Gasteiger partial charge in [-0.15, -0.1) is 0 Å². The number of amides is 1. The largest absolute Gasteiger partial charge is 0.497 e. The van der Waals surface area contributed by atoms with Crippen LogP contribution in [0.25, 0.3) is 0 Å². The molecule has 2 aromatic carbocycles. The number of carboxylic acids is 1. The van der Waals surface area contributed by atoms with Gasteiger partial charge in [0, 0.05) is 18.8 Å². The predicted octanol–water partition coefficient (Wildman–Crippen LogP) is 2.39. The Morgan fingerprint density at radius 3 is 2.57 bits per heavy atom. The van der Waals surface area contributed by atoms with Crippen LogP contribution in [0.4, 0.5) is 5.69 Å². The van der Waals surface area contributed by atoms with Crippen molar-refractivity contribution in [3.63, 3.8) is 0 Å². The molecule has 0 heterocycles. The number of nitriles is 1. The molecule has 0 bridgehead atoms. The maximum absolute atomic E-state index is 13.0. The van der Waals surface area contributed by atoms with Crippen LogP contribution >= 0.6 is 0 Å². The Morgan fingerprint density at radius 2 is 1.90 bits per heavy atom. The van der Waals surface area contributed by atoms with Gasteiger partial charge in [0.2, 0.25) is 5.91 Å². The lowest BCUT2D eigenvalue weighted by Crippen LogP contribution is -2.45. The summed E-state index contributed by atoms with van der Waals surface area (Å²) in [6.07, 6.45) is 1.49. The average molecular weight is 407 g/mol. The number of anilines is 1. The van der Waals surface area contributed by atoms with Crippen molar-refractivity contribution < 1.29 is 19.4 Å². The van der Waals surface area contributed by atoms with Crippen molar-refractivity contribution >= 4 is 17.6 Å². The fourth-order valence-electron chi connectivity index (χ4n) is 3.86. The van der Waals surface area contributed by atoms with Crippen LogP contribution in [0.1, 0.15) is 22.3 Å². The zero-order valence-corrected chi connectivity index (χ0v) is 17.4. The molecule has 3 rings (SSSR count). The molecule has 2 aromatic rings. The van der Waals surface area contributed by atoms with E-state index in [0.29, 0.717) is 11.3 Å². The molecule has 0 saturated heterocycles. The first-order valence-electron chi connectivity index (χ1n) is 9.71. The van der Waals surface area contributed by atoms with Crippen molar-refractivity contribution in [1.82, 2.24) is 4.90 Å². The first kappa shape index (κ1) is 21.2. The molecule has 1 unspecified atom stereocenters. The van der Waals surface area contributed by atoms with Crippen LogP contribution in [-0.2, 0) is 22.4 Å². The van der Waals surface area contributed by atoms with Crippen LogP contribution in [0, 0.1) is 18.3 Å². The molecular weight excluding hydrogens is 382 g/mol. The summed E-state index contributed by atoms with van der Waals surface area (Å²) in [5.74, 6) is -0.403. The van der Waals surface area contributed by atoms with Gasteiger partial charge in [0.25, 0.3) is 0 Å². The quantitative estimate of drug-likeness (QED) is 0.757. The van der Waals surface area contributed by atoms with Crippen LogP contribution in [0.5, 0.6) is 5.75 Å². The highest BCUT2D eigenvalue weighted by Crippen LogP contribution is 2.29. The standard InChI is InChI=1S/C23H25N3O4/c1-15-4-5-16(12-24)8-21(15)26(14-23(28)29)13-22(27)25(2)19-9-17-6-7-20(30-3)11-18(17)10-19/h4-8,11,19H,9-10,13-14H2,1-3H3,(H,28,29). The highest BCUT2D eigenvalue weighted by Gasteiger charge is 2.29. The molecule has 30 heavy (non-hydrogen) atoms. The molecule has 7 nitrogen and oxygen atoms in total. The van der Waals surface area contributed by atoms with E-state index < -0.39 is 5.97 Å². The molecule has 1 atom stereocenters. The molecule has 0 aliphatic heterocycles. The van der Waals surface area contributed by atoms with Gasteiger partial charge >= 0.3 is 5.97 Å². The number of nitrogens with zero attached hydrogens (tertiary/aromatic N) is 3. The van der Waals surface area contributed by atoms with Crippen molar-refractivity contribution in [3.05, 3.63) is 58.7 Å². The second-order valence-corrected chi connectivity index (χ2v) is 7.56. The van der Waals surface area contributed by atoms with E-state index in [2.05, 4.69) is 6.07 Å². The van der Waals surface area contributed by atoms with Crippen LogP contribution < -0.4 is 9.64 Å². The molecule has 0 saturated carbocycles. The predicted molar refractivity (Wildman–Crippen MR) is 113 cm³/mol. The minimum Gasteiger partial charge on any atom is -0.497 e. The van der Waals surface area contributed by atoms with Gasteiger partial charge < -0.3 is 19.6 Å². The third-order valence-electron chi connectivity index (χ3n) is 5.60. The van der Waals surface area contributed by atoms with E-state index in [9.17, 15) is 20.0 Å². The Hall–Kier alpha value is -3.53. The number of fused-ring (bicyclic) bond motifs is 1. The Labute approximate surface area is 176 Å². The highest BCUT2D eigenvalue weighted by molar-refractivity contribution is 5.85. The molecule has 1 amide bonds. The summed E-state index contributed by atoms with van der Waals surface area (Å²) in [5, 5.41) is 18.5. The molecule has 1 N–H and O–H groups in total. The number of ether oxygens (including phenoxy) is 1. The summed E-state index contributed by atoms with van der Waals surface area (Å²) in [4.78, 5) is 27.7. The lowest BCUT2D eigenvalue weighted by atomic mass is 10.1. The van der Waals surface area contributed by atoms with E-state index in [0.717, 1.165) is 24.2 Å². The highest BCUT2D eigenvalue weighted by atomic mass is 16.5. The van der Waals surface area contributed by atoms with Gasteiger partial charge in [-0.2, -0.15) is 5.26 Å². The number of aryl methyl sites for hydroxylation is 1. The van der Waals surface area contributed by atoms with Gasteiger partial charge in [0.1, 0.15) is 12.3 Å². The lowest BCUT2D eigenvalue weighted by molar-refractivity contribution is -0.135. The van der Waals surface area contributed by atoms with Crippen LogP contribution in [-0.4, -0.2) is 55.2 Å². The van der Waals surface area contributed by atoms with Crippen LogP contribution in [0.2, 0.25) is 0 Å². The molecule has 156 valence electrons. The minimum atomic E-state index is -1.03. The molecule has 7 heteroatoms. The Kier molecular flexibility index (Phi) is 6.26. The van der Waals surface area contributed by atoms with Crippen molar-refractivity contribution in [2.75, 3.05) is 32.1 Å². The monoisotopic (exact) mass is 407 g/mol. The fourth-order valence-corrected chi connectivity index (χ4v) is 3.86. The Bertz CT molecular complexity index is 1010. The number of hydrogen-bond acceptors (Lipinski definition) is 5. The van der Waals surface area contributed by atoms with Crippen LogP contribution in [0.15, 0.2) is 36.4 Å². The first-order valence-corrected chi connectivity index (χ1v) is 9.71. The summed E-state index contributed by atoms with van der Waals surface area (Å²) >= 11 is 0. The second-order valence-electron chi connectivity index (χ2n) is 7.56. The maximum atomic E-state index is 13.0. The third kappa shape index (κ3) is 4.54. The number of methoxy groups -OCH3 is 1. The normalized spacial score (nSPS) is 14.5. The summed E-state index contributed by atoms with van der Waals surface area (Å²) in [7, 11) is 3.39. The van der Waals surface area contributed by atoms with Crippen molar-refractivity contribution in [1.29, 1.82) is 5.26 Å². The number of likely N-dealkylation sites (N-methyl/N-ethyl adjacent to an activating group) is 1. The van der Waals surface area contributed by atoms with E-state index in [4.69, 9.17) is 4.74 Å². The van der Waals surface area contributed by atoms with Crippen molar-refractivity contribution in [3.8, 4) is 11.8 Å². The molecule has 1 aliphatic rings. The zero-order valence-electron chi connectivity index (χ0n) is 17.4. The second kappa shape index (κ2) is 8.87. The summed E-state index contributed by atoms with van der Waals surface area (Å²) in [6, 6.07) is 13.1. The molecule has 0 fully saturated rings. The maximum Gasteiger partial charge on any atom is 0.323 e. The van der Waals surface area contributed by atoms with Gasteiger partial charge in [-0.3, -0.25) is 9.59 Å². The first-order chi connectivity index (χ1) is 14.3. The van der Waals surface area contributed by atoms with Crippen molar-refractivity contribution in [2.45, 2.75) is 25.8 Å². The molecular formula is C23H25N3O4. The number of carbonyl (C=O) groups excluding carboxylic acids is 1. The van der Waals surface area contributed by atoms with E-state index in [-0.39, 0.29) is 25.0 Å². The molecule has 0 radical (unpaired) electrons. The molecule has 0 spiro atoms. The van der Waals surface area contributed by atoms with Gasteiger partial charge in [-0.25, -0.2) is 0 Å². The number of hydrogen-bond donors (Lipinski definition) is 1. The minimum absolute atomic E-state index is 0.0119. The summed E-state index contributed by atoms with van der Waals surface area (Å²) in [5.41, 5.74) is 4.18. The van der Waals surface area contributed by atoms with Gasteiger partial charge in [0.15, 0.2) is 0 Å². The smallest absolute Gasteiger partial charge is 0.323 e. The molecule has 1 aliphatic carbocycles. The van der Waals surface area contributed by atoms with Crippen LogP contribution in [0.3, 0.4) is 0 Å². The van der Waals surface area contributed by atoms with E-state index in [1.54, 1.807) is 37.3 Å². The Morgan fingerprint density at radius 1 is 1.17 bits per heavy atom. The number of aliphatic carboxylic acids is 1. The molecule has 0 aromatic heterocycles. The Balaban J connectivity index is 1.76. The topological polar surface area (TPSA) is 93.9 Å². The van der Waals surface area contributed by atoms with E-state index >= 15 is 0 Å². The summed E-state index contributed by atoms with van der Waals surface area (Å²) in [6.45, 7) is 1.44. The van der Waals surface area contributed by atoms with E-state index in [1.807, 2.05) is 25.1 Å². The number of carbonyl (C=O) groups is 2. The number of benzene rings is 2. The SMILES string of the molecule is COc1ccc2c(c1)CC(N(C)C(=O)CN(CC(=O)O)c1cc(C#N)ccc1C)C2. The third-order valence-corrected chi connectivity index (χ3v) is 5.60. The van der Waals surface area contributed by atoms with Gasteiger partial charge in [-0.05, 0) is 60.7 Å². The number of rotatable bonds is 7. The summed E-state index contributed by atoms with van der Waals surface area (Å²) < 4.78 is 5.29. The van der Waals surface area contributed by atoms with E-state index in [1.165, 1.54) is 16.0 Å². The average Bonchev–Trinajstić information content (AvgIpc) is 3.15. The van der Waals surface area contributed by atoms with Gasteiger partial charge in [-0.1, -0.05) is 12.1 Å². The van der Waals surface area contributed by atoms with Gasteiger partial charge in [0.05, 0.1) is 25.3 Å².